The van der Waals surface area contributed by atoms with Gasteiger partial charge in [0.25, 0.3) is 5.91 Å². The van der Waals surface area contributed by atoms with Crippen molar-refractivity contribution >= 4 is 5.91 Å². The highest BCUT2D eigenvalue weighted by atomic mass is 19.1. The largest absolute Gasteiger partial charge is 0.335 e. The van der Waals surface area contributed by atoms with Crippen LogP contribution in [0, 0.1) is 5.82 Å². The van der Waals surface area contributed by atoms with Crippen molar-refractivity contribution in [1.29, 1.82) is 0 Å². The monoisotopic (exact) mass is 276 g/mol. The topological polar surface area (TPSA) is 61.9 Å². The molecule has 1 aromatic heterocycles. The second-order valence-corrected chi connectivity index (χ2v) is 4.99. The molecule has 0 spiro atoms. The first-order chi connectivity index (χ1) is 9.47. The lowest BCUT2D eigenvalue weighted by Gasteiger charge is -2.15. The van der Waals surface area contributed by atoms with E-state index in [1.54, 1.807) is 19.2 Å². The van der Waals surface area contributed by atoms with Gasteiger partial charge in [0.1, 0.15) is 11.6 Å². The molecule has 0 radical (unpaired) electrons. The van der Waals surface area contributed by atoms with E-state index in [-0.39, 0.29) is 23.5 Å². The van der Waals surface area contributed by atoms with Crippen LogP contribution in [0.15, 0.2) is 24.3 Å². The molecule has 0 saturated carbocycles. The predicted octanol–water partition coefficient (Wildman–Crippen LogP) is 2.34. The van der Waals surface area contributed by atoms with Gasteiger partial charge in [0.2, 0.25) is 5.82 Å². The Bertz CT molecular complexity index is 591. The molecule has 0 aliphatic heterocycles. The minimum absolute atomic E-state index is 0.151. The lowest BCUT2D eigenvalue weighted by molar-refractivity contribution is 0.0773. The summed E-state index contributed by atoms with van der Waals surface area (Å²) in [5.74, 6) is 0.462. The van der Waals surface area contributed by atoms with E-state index in [9.17, 15) is 9.18 Å². The number of hydrogen-bond acceptors (Lipinski definition) is 3. The number of carbonyl (C=O) groups is 1. The van der Waals surface area contributed by atoms with Crippen LogP contribution in [0.5, 0.6) is 0 Å². The highest BCUT2D eigenvalue weighted by molar-refractivity contribution is 5.90. The molecule has 106 valence electrons. The fourth-order valence-corrected chi connectivity index (χ4v) is 1.73. The molecular formula is C14H17FN4O. The zero-order valence-electron chi connectivity index (χ0n) is 11.7. The Balaban J connectivity index is 2.06. The normalized spacial score (nSPS) is 10.8. The Morgan fingerprint density at radius 2 is 2.00 bits per heavy atom. The molecule has 2 aromatic rings. The molecule has 0 fully saturated rings. The third-order valence-electron chi connectivity index (χ3n) is 2.92. The summed E-state index contributed by atoms with van der Waals surface area (Å²) >= 11 is 0. The number of rotatable bonds is 4. The Morgan fingerprint density at radius 1 is 1.35 bits per heavy atom. The summed E-state index contributed by atoms with van der Waals surface area (Å²) in [7, 11) is 1.66. The van der Waals surface area contributed by atoms with Crippen LogP contribution >= 0.6 is 0 Å². The number of aromatic amines is 1. The molecular weight excluding hydrogens is 259 g/mol. The van der Waals surface area contributed by atoms with Crippen molar-refractivity contribution in [3.63, 3.8) is 0 Å². The number of amides is 1. The maximum Gasteiger partial charge on any atom is 0.293 e. The lowest BCUT2D eigenvalue weighted by atomic mass is 10.2. The molecule has 0 aliphatic carbocycles. The van der Waals surface area contributed by atoms with Crippen molar-refractivity contribution in [2.24, 2.45) is 0 Å². The van der Waals surface area contributed by atoms with E-state index in [4.69, 9.17) is 0 Å². The molecule has 1 heterocycles. The highest BCUT2D eigenvalue weighted by Gasteiger charge is 2.18. The zero-order valence-corrected chi connectivity index (χ0v) is 11.7. The molecule has 0 unspecified atom stereocenters. The summed E-state index contributed by atoms with van der Waals surface area (Å²) in [5.41, 5.74) is 0.849. The van der Waals surface area contributed by atoms with Crippen LogP contribution < -0.4 is 0 Å². The van der Waals surface area contributed by atoms with Gasteiger partial charge < -0.3 is 4.90 Å². The van der Waals surface area contributed by atoms with E-state index in [1.165, 1.54) is 17.0 Å². The Kier molecular flexibility index (Phi) is 4.12. The molecule has 0 bridgehead atoms. The van der Waals surface area contributed by atoms with Crippen molar-refractivity contribution in [3.8, 4) is 0 Å². The summed E-state index contributed by atoms with van der Waals surface area (Å²) in [5, 5.41) is 6.68. The number of benzene rings is 1. The van der Waals surface area contributed by atoms with Crippen molar-refractivity contribution in [3.05, 3.63) is 47.3 Å². The second kappa shape index (κ2) is 5.81. The van der Waals surface area contributed by atoms with Gasteiger partial charge in [-0.15, -0.1) is 5.10 Å². The van der Waals surface area contributed by atoms with Gasteiger partial charge in [0.15, 0.2) is 0 Å². The number of carbonyl (C=O) groups excluding carboxylic acids is 1. The lowest BCUT2D eigenvalue weighted by Crippen LogP contribution is -2.27. The van der Waals surface area contributed by atoms with Crippen LogP contribution in [0.3, 0.4) is 0 Å². The predicted molar refractivity (Wildman–Crippen MR) is 72.7 cm³/mol. The SMILES string of the molecule is CC(C)c1nc(C(=O)N(C)Cc2ccc(F)cc2)n[nH]1. The van der Waals surface area contributed by atoms with Gasteiger partial charge >= 0.3 is 0 Å². The minimum atomic E-state index is -0.293. The van der Waals surface area contributed by atoms with Gasteiger partial charge in [-0.1, -0.05) is 26.0 Å². The zero-order chi connectivity index (χ0) is 14.7. The van der Waals surface area contributed by atoms with Gasteiger partial charge in [-0.2, -0.15) is 0 Å². The Morgan fingerprint density at radius 3 is 2.55 bits per heavy atom. The average molecular weight is 276 g/mol. The fourth-order valence-electron chi connectivity index (χ4n) is 1.73. The number of nitrogens with one attached hydrogen (secondary N) is 1. The quantitative estimate of drug-likeness (QED) is 0.932. The van der Waals surface area contributed by atoms with E-state index in [0.29, 0.717) is 12.4 Å². The first kappa shape index (κ1) is 14.2. The van der Waals surface area contributed by atoms with Crippen LogP contribution in [0.25, 0.3) is 0 Å². The molecule has 2 rings (SSSR count). The number of halogens is 1. The van der Waals surface area contributed by atoms with Crippen LogP contribution in [0.2, 0.25) is 0 Å². The third-order valence-corrected chi connectivity index (χ3v) is 2.92. The summed E-state index contributed by atoms with van der Waals surface area (Å²) < 4.78 is 12.8. The van der Waals surface area contributed by atoms with Crippen molar-refractivity contribution in [1.82, 2.24) is 20.1 Å². The molecule has 1 N–H and O–H groups in total. The van der Waals surface area contributed by atoms with Crippen LogP contribution in [-0.2, 0) is 6.54 Å². The van der Waals surface area contributed by atoms with E-state index in [1.807, 2.05) is 13.8 Å². The van der Waals surface area contributed by atoms with E-state index >= 15 is 0 Å². The number of aromatic nitrogens is 3. The standard InChI is InChI=1S/C14H17FN4O/c1-9(2)12-16-13(18-17-12)14(20)19(3)8-10-4-6-11(15)7-5-10/h4-7,9H,8H2,1-3H3,(H,16,17,18). The molecule has 0 aliphatic rings. The number of H-pyrrole nitrogens is 1. The van der Waals surface area contributed by atoms with E-state index in [0.717, 1.165) is 5.56 Å². The molecule has 6 heteroatoms. The minimum Gasteiger partial charge on any atom is -0.335 e. The molecule has 0 atom stereocenters. The maximum absolute atomic E-state index is 12.8. The molecule has 20 heavy (non-hydrogen) atoms. The number of hydrogen-bond donors (Lipinski definition) is 1. The van der Waals surface area contributed by atoms with Gasteiger partial charge in [-0.3, -0.25) is 9.89 Å². The highest BCUT2D eigenvalue weighted by Crippen LogP contribution is 2.10. The van der Waals surface area contributed by atoms with Crippen LogP contribution in [-0.4, -0.2) is 33.0 Å². The molecule has 1 amide bonds. The summed E-state index contributed by atoms with van der Waals surface area (Å²) in [4.78, 5) is 17.8. The van der Waals surface area contributed by atoms with Crippen LogP contribution in [0.4, 0.5) is 4.39 Å². The molecule has 1 aromatic carbocycles. The van der Waals surface area contributed by atoms with Crippen molar-refractivity contribution in [2.45, 2.75) is 26.3 Å². The summed E-state index contributed by atoms with van der Waals surface area (Å²) in [6.07, 6.45) is 0. The average Bonchev–Trinajstić information content (AvgIpc) is 2.90. The first-order valence-electron chi connectivity index (χ1n) is 6.39. The van der Waals surface area contributed by atoms with Gasteiger partial charge in [0, 0.05) is 19.5 Å². The second-order valence-electron chi connectivity index (χ2n) is 4.99. The van der Waals surface area contributed by atoms with E-state index < -0.39 is 0 Å². The smallest absolute Gasteiger partial charge is 0.293 e. The summed E-state index contributed by atoms with van der Waals surface area (Å²) in [6, 6.07) is 6.04. The van der Waals surface area contributed by atoms with Gasteiger partial charge in [0.05, 0.1) is 0 Å². The number of nitrogens with zero attached hydrogens (tertiary/aromatic N) is 3. The van der Waals surface area contributed by atoms with Gasteiger partial charge in [-0.05, 0) is 17.7 Å². The van der Waals surface area contributed by atoms with Crippen LogP contribution in [0.1, 0.15) is 41.8 Å². The first-order valence-corrected chi connectivity index (χ1v) is 6.39. The fraction of sp³-hybridized carbons (Fsp3) is 0.357. The molecule has 0 saturated heterocycles. The maximum atomic E-state index is 12.8. The summed E-state index contributed by atoms with van der Waals surface area (Å²) in [6.45, 7) is 4.32. The molecule has 5 nitrogen and oxygen atoms in total. The Hall–Kier alpha value is -2.24. The van der Waals surface area contributed by atoms with Crippen molar-refractivity contribution in [2.75, 3.05) is 7.05 Å². The Labute approximate surface area is 116 Å². The van der Waals surface area contributed by atoms with E-state index in [2.05, 4.69) is 15.2 Å². The van der Waals surface area contributed by atoms with Crippen molar-refractivity contribution < 1.29 is 9.18 Å². The third kappa shape index (κ3) is 3.20. The van der Waals surface area contributed by atoms with Gasteiger partial charge in [-0.25, -0.2) is 9.37 Å².